The highest BCUT2D eigenvalue weighted by molar-refractivity contribution is 9.10. The molecule has 0 aliphatic heterocycles. The maximum Gasteiger partial charge on any atom is 0.255 e. The smallest absolute Gasteiger partial charge is 0.255 e. The third kappa shape index (κ3) is 5.25. The number of amides is 3. The summed E-state index contributed by atoms with van der Waals surface area (Å²) in [5.74, 6) is -1.01. The zero-order valence-electron chi connectivity index (χ0n) is 15.8. The van der Waals surface area contributed by atoms with E-state index in [9.17, 15) is 14.4 Å². The van der Waals surface area contributed by atoms with E-state index >= 15 is 0 Å². The molecule has 0 spiro atoms. The second kappa shape index (κ2) is 9.56. The number of carbonyl (C=O) groups is 3. The van der Waals surface area contributed by atoms with Crippen molar-refractivity contribution in [1.82, 2.24) is 5.32 Å². The summed E-state index contributed by atoms with van der Waals surface area (Å²) < 4.78 is 0.791. The number of hydrogen-bond donors (Lipinski definition) is 3. The van der Waals surface area contributed by atoms with Crippen LogP contribution in [0.2, 0.25) is 5.02 Å². The van der Waals surface area contributed by atoms with Gasteiger partial charge in [0.25, 0.3) is 17.7 Å². The van der Waals surface area contributed by atoms with E-state index in [1.54, 1.807) is 48.5 Å². The van der Waals surface area contributed by atoms with Crippen molar-refractivity contribution in [3.63, 3.8) is 0 Å². The van der Waals surface area contributed by atoms with Crippen molar-refractivity contribution in [2.24, 2.45) is 0 Å². The average Bonchev–Trinajstić information content (AvgIpc) is 2.74. The topological polar surface area (TPSA) is 87.3 Å². The Labute approximate surface area is 186 Å². The second-order valence-electron chi connectivity index (χ2n) is 6.27. The molecule has 0 aliphatic carbocycles. The van der Waals surface area contributed by atoms with E-state index in [0.29, 0.717) is 33.1 Å². The first kappa shape index (κ1) is 21.5. The fraction of sp³-hybridized carbons (Fsp3) is 0.0455. The van der Waals surface area contributed by atoms with Gasteiger partial charge in [0.2, 0.25) is 0 Å². The Kier molecular flexibility index (Phi) is 6.87. The molecule has 0 aromatic heterocycles. The maximum atomic E-state index is 12.7. The minimum Gasteiger partial charge on any atom is -0.355 e. The summed E-state index contributed by atoms with van der Waals surface area (Å²) in [5.41, 5.74) is 1.96. The SMILES string of the molecule is CNC(=O)c1ccc(Cl)c(NC(=O)c2cccc(NC(=O)c3cccc(Br)c3)c2)c1. The van der Waals surface area contributed by atoms with Gasteiger partial charge in [0.1, 0.15) is 0 Å². The van der Waals surface area contributed by atoms with E-state index in [4.69, 9.17) is 11.6 Å². The lowest BCUT2D eigenvalue weighted by Crippen LogP contribution is -2.19. The first-order chi connectivity index (χ1) is 14.4. The van der Waals surface area contributed by atoms with Gasteiger partial charge in [-0.1, -0.05) is 39.7 Å². The monoisotopic (exact) mass is 485 g/mol. The number of hydrogen-bond acceptors (Lipinski definition) is 3. The minimum absolute atomic E-state index is 0.292. The summed E-state index contributed by atoms with van der Waals surface area (Å²) in [6.45, 7) is 0. The lowest BCUT2D eigenvalue weighted by Gasteiger charge is -2.11. The Hall–Kier alpha value is -3.16. The first-order valence-corrected chi connectivity index (χ1v) is 10.0. The molecule has 0 radical (unpaired) electrons. The quantitative estimate of drug-likeness (QED) is 0.476. The summed E-state index contributed by atoms with van der Waals surface area (Å²) in [4.78, 5) is 36.9. The third-order valence-corrected chi connectivity index (χ3v) is 5.00. The van der Waals surface area contributed by atoms with Gasteiger partial charge in [0.05, 0.1) is 10.7 Å². The van der Waals surface area contributed by atoms with Crippen LogP contribution in [0.4, 0.5) is 11.4 Å². The molecule has 0 saturated carbocycles. The molecule has 0 heterocycles. The van der Waals surface area contributed by atoms with Crippen LogP contribution in [0.3, 0.4) is 0 Å². The van der Waals surface area contributed by atoms with Gasteiger partial charge < -0.3 is 16.0 Å². The van der Waals surface area contributed by atoms with Gasteiger partial charge in [-0.15, -0.1) is 0 Å². The fourth-order valence-electron chi connectivity index (χ4n) is 2.67. The van der Waals surface area contributed by atoms with Crippen LogP contribution in [0.1, 0.15) is 31.1 Å². The Morgan fingerprint density at radius 2 is 1.40 bits per heavy atom. The predicted octanol–water partition coefficient (Wildman–Crippen LogP) is 4.97. The summed E-state index contributed by atoms with van der Waals surface area (Å²) in [6.07, 6.45) is 0. The van der Waals surface area contributed by atoms with E-state index in [-0.39, 0.29) is 11.8 Å². The number of anilines is 2. The normalized spacial score (nSPS) is 10.2. The molecule has 3 amide bonds. The number of carbonyl (C=O) groups excluding carboxylic acids is 3. The van der Waals surface area contributed by atoms with Crippen molar-refractivity contribution < 1.29 is 14.4 Å². The van der Waals surface area contributed by atoms with Crippen molar-refractivity contribution in [2.75, 3.05) is 17.7 Å². The van der Waals surface area contributed by atoms with Crippen molar-refractivity contribution in [2.45, 2.75) is 0 Å². The van der Waals surface area contributed by atoms with Crippen molar-refractivity contribution in [3.05, 3.63) is 92.9 Å². The molecule has 0 fully saturated rings. The highest BCUT2D eigenvalue weighted by Gasteiger charge is 2.13. The van der Waals surface area contributed by atoms with Crippen LogP contribution in [0.15, 0.2) is 71.2 Å². The molecule has 3 aromatic carbocycles. The minimum atomic E-state index is -0.426. The van der Waals surface area contributed by atoms with Crippen LogP contribution in [0.25, 0.3) is 0 Å². The Bertz CT molecular complexity index is 1130. The van der Waals surface area contributed by atoms with Crippen LogP contribution in [0.5, 0.6) is 0 Å². The molecule has 3 aromatic rings. The fourth-order valence-corrected chi connectivity index (χ4v) is 3.24. The molecule has 8 heteroatoms. The van der Waals surface area contributed by atoms with Gasteiger partial charge in [0, 0.05) is 33.9 Å². The highest BCUT2D eigenvalue weighted by atomic mass is 79.9. The number of halogens is 2. The van der Waals surface area contributed by atoms with Crippen LogP contribution < -0.4 is 16.0 Å². The van der Waals surface area contributed by atoms with Gasteiger partial charge in [-0.05, 0) is 54.6 Å². The molecule has 30 heavy (non-hydrogen) atoms. The van der Waals surface area contributed by atoms with Gasteiger partial charge in [0.15, 0.2) is 0 Å². The van der Waals surface area contributed by atoms with E-state index < -0.39 is 5.91 Å². The third-order valence-electron chi connectivity index (χ3n) is 4.17. The molecule has 0 bridgehead atoms. The van der Waals surface area contributed by atoms with Crippen molar-refractivity contribution in [1.29, 1.82) is 0 Å². The zero-order valence-corrected chi connectivity index (χ0v) is 18.2. The maximum absolute atomic E-state index is 12.7. The largest absolute Gasteiger partial charge is 0.355 e. The van der Waals surface area contributed by atoms with Gasteiger partial charge in [-0.3, -0.25) is 14.4 Å². The molecule has 152 valence electrons. The molecule has 0 unspecified atom stereocenters. The summed E-state index contributed by atoms with van der Waals surface area (Å²) in [6, 6.07) is 18.1. The highest BCUT2D eigenvalue weighted by Crippen LogP contribution is 2.24. The second-order valence-corrected chi connectivity index (χ2v) is 7.60. The average molecular weight is 487 g/mol. The van der Waals surface area contributed by atoms with E-state index in [1.807, 2.05) is 6.07 Å². The molecule has 0 saturated heterocycles. The standard InChI is InChI=1S/C22H17BrClN3O3/c1-25-20(28)15-8-9-18(24)19(12-15)27-22(30)14-5-3-7-17(11-14)26-21(29)13-4-2-6-16(23)10-13/h2-12H,1H3,(H,25,28)(H,26,29)(H,27,30). The Morgan fingerprint density at radius 1 is 0.767 bits per heavy atom. The van der Waals surface area contributed by atoms with Gasteiger partial charge in [-0.2, -0.15) is 0 Å². The van der Waals surface area contributed by atoms with Gasteiger partial charge in [-0.25, -0.2) is 0 Å². The molecule has 0 aliphatic rings. The number of rotatable bonds is 5. The number of nitrogens with one attached hydrogen (secondary N) is 3. The van der Waals surface area contributed by atoms with Crippen molar-refractivity contribution >= 4 is 56.6 Å². The first-order valence-electron chi connectivity index (χ1n) is 8.87. The lowest BCUT2D eigenvalue weighted by atomic mass is 10.1. The van der Waals surface area contributed by atoms with Crippen LogP contribution >= 0.6 is 27.5 Å². The molecule has 0 atom stereocenters. The molecular formula is C22H17BrClN3O3. The molecule has 3 rings (SSSR count). The Balaban J connectivity index is 1.77. The van der Waals surface area contributed by atoms with Crippen LogP contribution in [-0.2, 0) is 0 Å². The Morgan fingerprint density at radius 3 is 2.10 bits per heavy atom. The summed E-state index contributed by atoms with van der Waals surface area (Å²) >= 11 is 9.48. The number of benzene rings is 3. The predicted molar refractivity (Wildman–Crippen MR) is 121 cm³/mol. The molecule has 3 N–H and O–H groups in total. The van der Waals surface area contributed by atoms with Crippen LogP contribution in [-0.4, -0.2) is 24.8 Å². The summed E-state index contributed by atoms with van der Waals surface area (Å²) in [5, 5.41) is 8.28. The summed E-state index contributed by atoms with van der Waals surface area (Å²) in [7, 11) is 1.52. The van der Waals surface area contributed by atoms with E-state index in [2.05, 4.69) is 31.9 Å². The van der Waals surface area contributed by atoms with E-state index in [1.165, 1.54) is 19.2 Å². The molecule has 6 nitrogen and oxygen atoms in total. The lowest BCUT2D eigenvalue weighted by molar-refractivity contribution is 0.0960. The molecular weight excluding hydrogens is 470 g/mol. The van der Waals surface area contributed by atoms with Gasteiger partial charge >= 0.3 is 0 Å². The van der Waals surface area contributed by atoms with Crippen LogP contribution in [0, 0.1) is 0 Å². The van der Waals surface area contributed by atoms with Crippen molar-refractivity contribution in [3.8, 4) is 0 Å². The van der Waals surface area contributed by atoms with E-state index in [0.717, 1.165) is 4.47 Å². The zero-order chi connectivity index (χ0) is 21.7.